The number of rotatable bonds is 7. The molecule has 3 atom stereocenters. The molecule has 1 saturated carbocycles. The average molecular weight is 582 g/mol. The summed E-state index contributed by atoms with van der Waals surface area (Å²) in [7, 11) is 1.71. The van der Waals surface area contributed by atoms with Gasteiger partial charge in [-0.3, -0.25) is 9.69 Å². The van der Waals surface area contributed by atoms with Gasteiger partial charge in [0.05, 0.1) is 11.2 Å². The van der Waals surface area contributed by atoms with Gasteiger partial charge in [-0.25, -0.2) is 4.98 Å². The van der Waals surface area contributed by atoms with Crippen LogP contribution < -0.4 is 15.2 Å². The fourth-order valence-corrected chi connectivity index (χ4v) is 6.83. The quantitative estimate of drug-likeness (QED) is 0.309. The predicted octanol–water partition coefficient (Wildman–Crippen LogP) is 6.70. The normalized spacial score (nSPS) is 21.3. The summed E-state index contributed by atoms with van der Waals surface area (Å²) in [6, 6.07) is 13.7. The van der Waals surface area contributed by atoms with Crippen molar-refractivity contribution < 1.29 is 17.9 Å². The molecule has 3 heterocycles. The number of pyridine rings is 2. The van der Waals surface area contributed by atoms with E-state index in [1.807, 2.05) is 0 Å². The maximum Gasteiger partial charge on any atom is 0.573 e. The van der Waals surface area contributed by atoms with Crippen molar-refractivity contribution >= 4 is 16.7 Å². The summed E-state index contributed by atoms with van der Waals surface area (Å²) in [5.74, 6) is 0.352. The molecule has 2 aliphatic rings. The number of alkyl halides is 3. The molecule has 10 heteroatoms. The van der Waals surface area contributed by atoms with Gasteiger partial charge < -0.3 is 14.2 Å². The number of hydrogen-bond acceptors (Lipinski definition) is 6. The van der Waals surface area contributed by atoms with Gasteiger partial charge in [0.15, 0.2) is 0 Å². The van der Waals surface area contributed by atoms with Gasteiger partial charge in [0.1, 0.15) is 23.0 Å². The van der Waals surface area contributed by atoms with Crippen LogP contribution in [0.4, 0.5) is 18.9 Å². The highest BCUT2D eigenvalue weighted by Gasteiger charge is 2.38. The highest BCUT2D eigenvalue weighted by molar-refractivity contribution is 5.89. The molecule has 2 unspecified atom stereocenters. The molecule has 1 aliphatic heterocycles. The van der Waals surface area contributed by atoms with E-state index in [9.17, 15) is 23.2 Å². The molecule has 3 aromatic rings. The standard InChI is InChI=1S/C32H38F3N5O2/c1-4-25-20-39(29-17-30(41)38(3)27-15-12-24(18-36)37-31(27)29)21(2)19-40(25)28(16-22-8-6-5-7-9-22)23-10-13-26(14-11-23)42-32(33,34)35/h10-15,17,21-22,25,28H,4-9,16,19-20H2,1-3H3/t21-,25?,28?/m0/s1. The summed E-state index contributed by atoms with van der Waals surface area (Å²) in [5, 5.41) is 9.50. The lowest BCUT2D eigenvalue weighted by molar-refractivity contribution is -0.274. The molecule has 0 N–H and O–H groups in total. The Kier molecular flexibility index (Phi) is 8.78. The first-order valence-electron chi connectivity index (χ1n) is 14.9. The summed E-state index contributed by atoms with van der Waals surface area (Å²) in [6.07, 6.45) is 3.10. The maximum absolute atomic E-state index is 13.0. The molecule has 1 aliphatic carbocycles. The Morgan fingerprint density at radius 3 is 2.45 bits per heavy atom. The summed E-state index contributed by atoms with van der Waals surface area (Å²) in [4.78, 5) is 22.3. The van der Waals surface area contributed by atoms with E-state index in [1.165, 1.54) is 44.2 Å². The summed E-state index contributed by atoms with van der Waals surface area (Å²) in [5.41, 5.74) is 3.19. The number of aryl methyl sites for hydroxylation is 1. The van der Waals surface area contributed by atoms with Gasteiger partial charge in [0, 0.05) is 44.3 Å². The van der Waals surface area contributed by atoms with E-state index < -0.39 is 6.36 Å². The van der Waals surface area contributed by atoms with Crippen molar-refractivity contribution in [2.45, 2.75) is 83.3 Å². The number of nitrogens with zero attached hydrogens (tertiary/aromatic N) is 5. The Bertz CT molecular complexity index is 1490. The van der Waals surface area contributed by atoms with Crippen molar-refractivity contribution in [2.75, 3.05) is 18.0 Å². The largest absolute Gasteiger partial charge is 0.573 e. The van der Waals surface area contributed by atoms with Crippen LogP contribution in [-0.2, 0) is 7.05 Å². The van der Waals surface area contributed by atoms with Crippen LogP contribution in [0.1, 0.15) is 76.1 Å². The van der Waals surface area contributed by atoms with Crippen LogP contribution in [0.5, 0.6) is 5.75 Å². The molecule has 2 aromatic heterocycles. The summed E-state index contributed by atoms with van der Waals surface area (Å²) >= 11 is 0. The number of halogens is 3. The van der Waals surface area contributed by atoms with Crippen LogP contribution >= 0.6 is 0 Å². The van der Waals surface area contributed by atoms with Gasteiger partial charge in [0.25, 0.3) is 5.56 Å². The molecule has 42 heavy (non-hydrogen) atoms. The van der Waals surface area contributed by atoms with E-state index >= 15 is 0 Å². The smallest absolute Gasteiger partial charge is 0.406 e. The number of fused-ring (bicyclic) bond motifs is 1. The number of ether oxygens (including phenoxy) is 1. The first-order chi connectivity index (χ1) is 20.1. The van der Waals surface area contributed by atoms with Gasteiger partial charge in [-0.1, -0.05) is 51.2 Å². The summed E-state index contributed by atoms with van der Waals surface area (Å²) < 4.78 is 44.2. The van der Waals surface area contributed by atoms with Crippen LogP contribution in [-0.4, -0.2) is 46.0 Å². The van der Waals surface area contributed by atoms with Crippen LogP contribution in [0.15, 0.2) is 47.3 Å². The molecule has 2 fully saturated rings. The van der Waals surface area contributed by atoms with E-state index in [2.05, 4.69) is 39.4 Å². The minimum Gasteiger partial charge on any atom is -0.406 e. The summed E-state index contributed by atoms with van der Waals surface area (Å²) in [6.45, 7) is 5.66. The third-order valence-corrected chi connectivity index (χ3v) is 9.03. The lowest BCUT2D eigenvalue weighted by Crippen LogP contribution is -2.58. The Labute approximate surface area is 244 Å². The van der Waals surface area contributed by atoms with Crippen molar-refractivity contribution in [3.63, 3.8) is 0 Å². The molecule has 1 aromatic carbocycles. The third kappa shape index (κ3) is 6.41. The van der Waals surface area contributed by atoms with Crippen LogP contribution in [0.2, 0.25) is 0 Å². The minimum absolute atomic E-state index is 0.0253. The first kappa shape index (κ1) is 29.9. The molecule has 0 radical (unpaired) electrons. The first-order valence-corrected chi connectivity index (χ1v) is 14.9. The molecule has 0 bridgehead atoms. The van der Waals surface area contributed by atoms with E-state index in [0.717, 1.165) is 24.1 Å². The molecule has 5 rings (SSSR count). The maximum atomic E-state index is 13.0. The van der Waals surface area contributed by atoms with Crippen molar-refractivity contribution in [2.24, 2.45) is 13.0 Å². The Hall–Kier alpha value is -3.58. The zero-order valence-corrected chi connectivity index (χ0v) is 24.4. The second-order valence-electron chi connectivity index (χ2n) is 11.7. The van der Waals surface area contributed by atoms with Crippen molar-refractivity contribution in [3.8, 4) is 11.8 Å². The van der Waals surface area contributed by atoms with Gasteiger partial charge in [-0.05, 0) is 55.5 Å². The molecule has 0 amide bonds. The molecular weight excluding hydrogens is 543 g/mol. The number of hydrogen-bond donors (Lipinski definition) is 0. The minimum atomic E-state index is -4.73. The van der Waals surface area contributed by atoms with E-state index in [-0.39, 0.29) is 29.4 Å². The molecule has 224 valence electrons. The number of aromatic nitrogens is 2. The Morgan fingerprint density at radius 1 is 1.10 bits per heavy atom. The Morgan fingerprint density at radius 2 is 1.81 bits per heavy atom. The fraction of sp³-hybridized carbons (Fsp3) is 0.531. The highest BCUT2D eigenvalue weighted by atomic mass is 19.4. The van der Waals surface area contributed by atoms with E-state index in [1.54, 1.807) is 41.9 Å². The Balaban J connectivity index is 1.48. The topological polar surface area (TPSA) is 74.4 Å². The highest BCUT2D eigenvalue weighted by Crippen LogP contribution is 2.40. The number of nitriles is 1. The van der Waals surface area contributed by atoms with Crippen LogP contribution in [0.25, 0.3) is 11.0 Å². The average Bonchev–Trinajstić information content (AvgIpc) is 2.98. The second kappa shape index (κ2) is 12.3. The van der Waals surface area contributed by atoms with E-state index in [4.69, 9.17) is 0 Å². The molecule has 0 spiro atoms. The molecule has 7 nitrogen and oxygen atoms in total. The second-order valence-corrected chi connectivity index (χ2v) is 11.7. The van der Waals surface area contributed by atoms with Crippen molar-refractivity contribution in [3.05, 3.63) is 64.1 Å². The third-order valence-electron chi connectivity index (χ3n) is 9.03. The van der Waals surface area contributed by atoms with Crippen molar-refractivity contribution in [1.29, 1.82) is 5.26 Å². The van der Waals surface area contributed by atoms with Gasteiger partial charge in [-0.2, -0.15) is 5.26 Å². The zero-order valence-electron chi connectivity index (χ0n) is 24.4. The lowest BCUT2D eigenvalue weighted by atomic mass is 9.82. The van der Waals surface area contributed by atoms with Crippen molar-refractivity contribution in [1.82, 2.24) is 14.5 Å². The number of anilines is 1. The lowest BCUT2D eigenvalue weighted by Gasteiger charge is -2.50. The number of piperazine rings is 1. The number of benzene rings is 1. The fourth-order valence-electron chi connectivity index (χ4n) is 6.83. The predicted molar refractivity (Wildman–Crippen MR) is 156 cm³/mol. The van der Waals surface area contributed by atoms with Gasteiger partial charge in [-0.15, -0.1) is 13.2 Å². The van der Waals surface area contributed by atoms with Crippen LogP contribution in [0.3, 0.4) is 0 Å². The molecule has 1 saturated heterocycles. The zero-order chi connectivity index (χ0) is 30.0. The van der Waals surface area contributed by atoms with Gasteiger partial charge >= 0.3 is 6.36 Å². The van der Waals surface area contributed by atoms with Crippen LogP contribution in [0, 0.1) is 17.2 Å². The monoisotopic (exact) mass is 581 g/mol. The van der Waals surface area contributed by atoms with E-state index in [0.29, 0.717) is 35.7 Å². The SMILES string of the molecule is CCC1CN(c2cc(=O)n(C)c3ccc(C#N)nc23)[C@@H](C)CN1C(CC1CCCCC1)c1ccc(OC(F)(F)F)cc1. The van der Waals surface area contributed by atoms with Gasteiger partial charge in [0.2, 0.25) is 0 Å². The molecular formula is C32H38F3N5O2.